The lowest BCUT2D eigenvalue weighted by Gasteiger charge is -2.18. The van der Waals surface area contributed by atoms with Gasteiger partial charge in [-0.2, -0.15) is 0 Å². The van der Waals surface area contributed by atoms with E-state index in [1.54, 1.807) is 6.07 Å². The summed E-state index contributed by atoms with van der Waals surface area (Å²) in [6.07, 6.45) is 0.978. The van der Waals surface area contributed by atoms with Crippen molar-refractivity contribution in [2.24, 2.45) is 0 Å². The van der Waals surface area contributed by atoms with Crippen molar-refractivity contribution in [2.75, 3.05) is 29.9 Å². The number of imidazole rings is 1. The van der Waals surface area contributed by atoms with Crippen molar-refractivity contribution in [1.29, 1.82) is 0 Å². The number of fused-ring (bicyclic) bond motifs is 1. The zero-order valence-corrected chi connectivity index (χ0v) is 17.0. The van der Waals surface area contributed by atoms with Crippen molar-refractivity contribution < 1.29 is 20.1 Å². The molecule has 4 N–H and O–H groups in total. The molecule has 2 saturated heterocycles. The fraction of sp³-hybridized carbons (Fsp3) is 0.500. The lowest BCUT2D eigenvalue weighted by atomic mass is 10.1. The van der Waals surface area contributed by atoms with Gasteiger partial charge in [-0.05, 0) is 6.42 Å². The number of aliphatic hydroxyl groups is 3. The van der Waals surface area contributed by atoms with E-state index in [1.807, 2.05) is 0 Å². The van der Waals surface area contributed by atoms with E-state index >= 15 is 0 Å². The van der Waals surface area contributed by atoms with Crippen molar-refractivity contribution in [3.05, 3.63) is 30.2 Å². The molecular weight excluding hydrogens is 428 g/mol. The van der Waals surface area contributed by atoms with E-state index in [1.165, 1.54) is 23.5 Å². The minimum atomic E-state index is -1.22. The summed E-state index contributed by atoms with van der Waals surface area (Å²) in [7, 11) is 0. The monoisotopic (exact) mass is 448 g/mol. The molecule has 2 aliphatic heterocycles. The Labute approximate surface area is 181 Å². The van der Waals surface area contributed by atoms with Gasteiger partial charge in [-0.25, -0.2) is 24.9 Å². The van der Waals surface area contributed by atoms with Crippen LogP contribution in [0.1, 0.15) is 12.6 Å². The second kappa shape index (κ2) is 8.13. The summed E-state index contributed by atoms with van der Waals surface area (Å²) in [4.78, 5) is 23.3. The number of rotatable bonds is 5. The Bertz CT molecular complexity index is 1080. The predicted molar refractivity (Wildman–Crippen MR) is 110 cm³/mol. The zero-order chi connectivity index (χ0) is 21.5. The maximum absolute atomic E-state index is 10.3. The molecular formula is C18H21ClN8O4. The Kier molecular flexibility index (Phi) is 5.32. The molecule has 5 atom stereocenters. The van der Waals surface area contributed by atoms with Crippen LogP contribution in [0.5, 0.6) is 0 Å². The first kappa shape index (κ1) is 20.3. The topological polar surface area (TPSA) is 155 Å². The van der Waals surface area contributed by atoms with Gasteiger partial charge in [-0.1, -0.05) is 11.6 Å². The molecule has 5 heterocycles. The maximum Gasteiger partial charge on any atom is 0.167 e. The molecule has 31 heavy (non-hydrogen) atoms. The second-order valence-corrected chi connectivity index (χ2v) is 7.94. The molecule has 12 nitrogen and oxygen atoms in total. The van der Waals surface area contributed by atoms with Crippen LogP contribution in [-0.2, 0) is 4.74 Å². The minimum absolute atomic E-state index is 0.103. The average molecular weight is 449 g/mol. The van der Waals surface area contributed by atoms with Crippen molar-refractivity contribution in [1.82, 2.24) is 29.5 Å². The number of ether oxygens (including phenoxy) is 1. The molecule has 13 heteroatoms. The van der Waals surface area contributed by atoms with E-state index in [0.717, 1.165) is 18.8 Å². The quantitative estimate of drug-likeness (QED) is 0.376. The molecule has 2 fully saturated rings. The molecule has 3 aromatic heterocycles. The number of aromatic nitrogens is 6. The van der Waals surface area contributed by atoms with Gasteiger partial charge in [0, 0.05) is 25.2 Å². The van der Waals surface area contributed by atoms with Crippen LogP contribution in [0.15, 0.2) is 25.0 Å². The Morgan fingerprint density at radius 3 is 2.74 bits per heavy atom. The van der Waals surface area contributed by atoms with Gasteiger partial charge in [-0.3, -0.25) is 4.57 Å². The smallest absolute Gasteiger partial charge is 0.167 e. The molecule has 0 saturated carbocycles. The molecule has 0 spiro atoms. The van der Waals surface area contributed by atoms with E-state index in [2.05, 4.69) is 35.1 Å². The zero-order valence-electron chi connectivity index (χ0n) is 16.3. The lowest BCUT2D eigenvalue weighted by molar-refractivity contribution is -0.0511. The van der Waals surface area contributed by atoms with Crippen LogP contribution < -0.4 is 10.2 Å². The number of anilines is 2. The van der Waals surface area contributed by atoms with Gasteiger partial charge < -0.3 is 30.3 Å². The van der Waals surface area contributed by atoms with E-state index < -0.39 is 31.1 Å². The van der Waals surface area contributed by atoms with Crippen molar-refractivity contribution in [3.63, 3.8) is 0 Å². The standard InChI is InChI=1S/C18H21ClN8O4/c19-11-3-12(21-6-20-11)26-2-1-9(4-26)25-16-13-17(23-7-22-16)27(8-24-13)18-15(30)14(29)10(5-28)31-18/h3,6-10,14-15,18,28-30H,1-2,4-5H2,(H,22,23,25)/t9-,10+,14-,15-,18?/m0/s1. The predicted octanol–water partition coefficient (Wildman–Crippen LogP) is -0.428. The summed E-state index contributed by atoms with van der Waals surface area (Å²) in [5, 5.41) is 33.5. The molecule has 0 aromatic carbocycles. The molecule has 0 aliphatic carbocycles. The normalized spacial score (nSPS) is 28.5. The fourth-order valence-electron chi connectivity index (χ4n) is 4.03. The lowest BCUT2D eigenvalue weighted by Crippen LogP contribution is -2.33. The highest BCUT2D eigenvalue weighted by molar-refractivity contribution is 6.29. The van der Waals surface area contributed by atoms with Gasteiger partial charge in [0.2, 0.25) is 0 Å². The summed E-state index contributed by atoms with van der Waals surface area (Å²) < 4.78 is 7.13. The number of nitrogens with zero attached hydrogens (tertiary/aromatic N) is 7. The fourth-order valence-corrected chi connectivity index (χ4v) is 4.17. The number of halogens is 1. The number of aliphatic hydroxyl groups excluding tert-OH is 3. The molecule has 164 valence electrons. The van der Waals surface area contributed by atoms with E-state index in [4.69, 9.17) is 16.3 Å². The van der Waals surface area contributed by atoms with E-state index in [0.29, 0.717) is 28.7 Å². The second-order valence-electron chi connectivity index (χ2n) is 7.55. The first-order valence-corrected chi connectivity index (χ1v) is 10.2. The van der Waals surface area contributed by atoms with Crippen molar-refractivity contribution in [2.45, 2.75) is 37.0 Å². The average Bonchev–Trinajstić information content (AvgIpc) is 3.47. The van der Waals surface area contributed by atoms with Crippen LogP contribution >= 0.6 is 11.6 Å². The first-order valence-electron chi connectivity index (χ1n) is 9.84. The largest absolute Gasteiger partial charge is 0.394 e. The van der Waals surface area contributed by atoms with Gasteiger partial charge in [-0.15, -0.1) is 0 Å². The van der Waals surface area contributed by atoms with E-state index in [9.17, 15) is 15.3 Å². The van der Waals surface area contributed by atoms with Gasteiger partial charge in [0.1, 0.15) is 41.9 Å². The number of hydrogen-bond acceptors (Lipinski definition) is 11. The van der Waals surface area contributed by atoms with Gasteiger partial charge >= 0.3 is 0 Å². The van der Waals surface area contributed by atoms with Gasteiger partial charge in [0.25, 0.3) is 0 Å². The SMILES string of the molecule is OC[C@H]1OC(n2cnc3c(N[C@H]4CCN(c5cc(Cl)ncn5)C4)ncnc32)[C@@H](O)[C@H]1O. The summed E-state index contributed by atoms with van der Waals surface area (Å²) >= 11 is 5.97. The molecule has 5 rings (SSSR count). The number of hydrogen-bond donors (Lipinski definition) is 4. The summed E-state index contributed by atoms with van der Waals surface area (Å²) in [6, 6.07) is 1.83. The van der Waals surface area contributed by atoms with Crippen LogP contribution in [0.4, 0.5) is 11.6 Å². The Balaban J connectivity index is 1.35. The molecule has 0 radical (unpaired) electrons. The molecule has 0 bridgehead atoms. The van der Waals surface area contributed by atoms with Crippen LogP contribution in [0, 0.1) is 0 Å². The summed E-state index contributed by atoms with van der Waals surface area (Å²) in [6.45, 7) is 1.10. The maximum atomic E-state index is 10.3. The highest BCUT2D eigenvalue weighted by Gasteiger charge is 2.44. The highest BCUT2D eigenvalue weighted by Crippen LogP contribution is 2.32. The third-order valence-corrected chi connectivity index (χ3v) is 5.83. The van der Waals surface area contributed by atoms with Crippen LogP contribution in [0.3, 0.4) is 0 Å². The highest BCUT2D eigenvalue weighted by atomic mass is 35.5. The van der Waals surface area contributed by atoms with Crippen LogP contribution in [-0.4, -0.2) is 88.9 Å². The Morgan fingerprint density at radius 1 is 1.13 bits per heavy atom. The summed E-state index contributed by atoms with van der Waals surface area (Å²) in [5.41, 5.74) is 0.966. The van der Waals surface area contributed by atoms with Crippen LogP contribution in [0.25, 0.3) is 11.2 Å². The summed E-state index contributed by atoms with van der Waals surface area (Å²) in [5.74, 6) is 1.33. The minimum Gasteiger partial charge on any atom is -0.394 e. The van der Waals surface area contributed by atoms with Crippen molar-refractivity contribution in [3.8, 4) is 0 Å². The molecule has 1 unspecified atom stereocenters. The number of nitrogens with one attached hydrogen (secondary N) is 1. The van der Waals surface area contributed by atoms with Gasteiger partial charge in [0.05, 0.1) is 12.9 Å². The molecule has 0 amide bonds. The molecule has 2 aliphatic rings. The van der Waals surface area contributed by atoms with E-state index in [-0.39, 0.29) is 6.04 Å². The third kappa shape index (κ3) is 3.66. The Morgan fingerprint density at radius 2 is 1.97 bits per heavy atom. The Hall–Kier alpha value is -2.64. The van der Waals surface area contributed by atoms with Crippen molar-refractivity contribution >= 4 is 34.4 Å². The van der Waals surface area contributed by atoms with Crippen LogP contribution in [0.2, 0.25) is 5.15 Å². The first-order chi connectivity index (χ1) is 15.0. The van der Waals surface area contributed by atoms with Gasteiger partial charge in [0.15, 0.2) is 23.2 Å². The third-order valence-electron chi connectivity index (χ3n) is 5.62. The molecule has 3 aromatic rings.